The highest BCUT2D eigenvalue weighted by atomic mass is 16.3. The van der Waals surface area contributed by atoms with Gasteiger partial charge in [0, 0.05) is 39.5 Å². The van der Waals surface area contributed by atoms with Gasteiger partial charge in [-0.2, -0.15) is 0 Å². The molecule has 0 saturated carbocycles. The topological polar surface area (TPSA) is 41.6 Å². The van der Waals surface area contributed by atoms with Gasteiger partial charge < -0.3 is 19.1 Å². The van der Waals surface area contributed by atoms with Gasteiger partial charge in [-0.25, -0.2) is 0 Å². The first-order valence-electron chi connectivity index (χ1n) is 13.2. The van der Waals surface area contributed by atoms with E-state index in [4.69, 9.17) is 8.83 Å². The van der Waals surface area contributed by atoms with Crippen LogP contribution in [0.5, 0.6) is 0 Å². The highest BCUT2D eigenvalue weighted by Crippen LogP contribution is 2.46. The first kappa shape index (κ1) is 20.8. The average Bonchev–Trinajstić information content (AvgIpc) is 3.69. The van der Waals surface area contributed by atoms with E-state index in [9.17, 15) is 0 Å². The van der Waals surface area contributed by atoms with Crippen LogP contribution in [0.15, 0.2) is 130 Å². The van der Waals surface area contributed by atoms with E-state index in [1.165, 1.54) is 10.9 Å². The van der Waals surface area contributed by atoms with Crippen molar-refractivity contribution in [2.24, 2.45) is 0 Å². The van der Waals surface area contributed by atoms with Gasteiger partial charge >= 0.3 is 0 Å². The number of nitrogens with one attached hydrogen (secondary N) is 1. The largest absolute Gasteiger partial charge is 0.455 e. The summed E-state index contributed by atoms with van der Waals surface area (Å²) in [5, 5.41) is 10.4. The van der Waals surface area contributed by atoms with E-state index in [0.717, 1.165) is 66.1 Å². The summed E-state index contributed by atoms with van der Waals surface area (Å²) in [6.45, 7) is 0. The molecule has 1 N–H and O–H groups in total. The van der Waals surface area contributed by atoms with Crippen LogP contribution in [0.3, 0.4) is 0 Å². The first-order valence-corrected chi connectivity index (χ1v) is 13.2. The molecule has 7 aromatic rings. The Hall–Kier alpha value is -5.22. The number of nitrogens with zero attached hydrogens (tertiary/aromatic N) is 1. The standard InChI is InChI=1S/C35H22N2O2/c1-2-10-22-21(9-1)23(29-20-37-18-8-7-15-32(37)36-29)16-17-26(22)33-34-27(24-11-3-5-13-30(24)38-34)19-28-25-12-4-6-14-31(25)39-35(28)33/h1-20,32,36H. The lowest BCUT2D eigenvalue weighted by Crippen LogP contribution is -2.31. The van der Waals surface area contributed by atoms with E-state index in [-0.39, 0.29) is 6.17 Å². The van der Waals surface area contributed by atoms with E-state index < -0.39 is 0 Å². The van der Waals surface area contributed by atoms with Crippen LogP contribution in [0.2, 0.25) is 0 Å². The Morgan fingerprint density at radius 1 is 0.590 bits per heavy atom. The molecule has 2 aliphatic rings. The molecule has 5 aromatic carbocycles. The molecule has 4 heterocycles. The van der Waals surface area contributed by atoms with Crippen molar-refractivity contribution in [1.29, 1.82) is 0 Å². The lowest BCUT2D eigenvalue weighted by molar-refractivity contribution is 0.427. The Labute approximate surface area is 223 Å². The van der Waals surface area contributed by atoms with Gasteiger partial charge in [0.25, 0.3) is 0 Å². The van der Waals surface area contributed by atoms with Gasteiger partial charge in [-0.15, -0.1) is 0 Å². The maximum atomic E-state index is 6.58. The Morgan fingerprint density at radius 2 is 1.18 bits per heavy atom. The predicted molar refractivity (Wildman–Crippen MR) is 159 cm³/mol. The van der Waals surface area contributed by atoms with Gasteiger partial charge in [-0.1, -0.05) is 78.9 Å². The van der Waals surface area contributed by atoms with Crippen LogP contribution in [0.25, 0.3) is 71.5 Å². The van der Waals surface area contributed by atoms with Crippen LogP contribution in [0, 0.1) is 0 Å². The third kappa shape index (κ3) is 2.88. The number of hydrogen-bond donors (Lipinski definition) is 1. The Balaban J connectivity index is 1.38. The van der Waals surface area contributed by atoms with E-state index in [2.05, 4.69) is 108 Å². The second-order valence-corrected chi connectivity index (χ2v) is 10.2. The van der Waals surface area contributed by atoms with Crippen molar-refractivity contribution >= 4 is 60.3 Å². The summed E-state index contributed by atoms with van der Waals surface area (Å²) in [7, 11) is 0. The summed E-state index contributed by atoms with van der Waals surface area (Å²) in [5.74, 6) is 0. The summed E-state index contributed by atoms with van der Waals surface area (Å²) in [6, 6.07) is 31.8. The van der Waals surface area contributed by atoms with Gasteiger partial charge in [0.2, 0.25) is 0 Å². The fraction of sp³-hybridized carbons (Fsp3) is 0.0286. The summed E-state index contributed by atoms with van der Waals surface area (Å²) in [4.78, 5) is 2.20. The van der Waals surface area contributed by atoms with Crippen LogP contribution < -0.4 is 5.32 Å². The fourth-order valence-electron chi connectivity index (χ4n) is 6.28. The number of para-hydroxylation sites is 2. The van der Waals surface area contributed by atoms with Crippen molar-refractivity contribution in [3.63, 3.8) is 0 Å². The first-order chi connectivity index (χ1) is 19.3. The van der Waals surface area contributed by atoms with Crippen molar-refractivity contribution in [3.8, 4) is 11.1 Å². The van der Waals surface area contributed by atoms with Crippen molar-refractivity contribution < 1.29 is 8.83 Å². The zero-order valence-corrected chi connectivity index (χ0v) is 20.9. The highest BCUT2D eigenvalue weighted by Gasteiger charge is 2.25. The smallest absolute Gasteiger partial charge is 0.147 e. The van der Waals surface area contributed by atoms with Crippen LogP contribution in [-0.4, -0.2) is 11.1 Å². The molecule has 39 heavy (non-hydrogen) atoms. The third-order valence-electron chi connectivity index (χ3n) is 8.06. The second kappa shape index (κ2) is 7.65. The summed E-state index contributed by atoms with van der Waals surface area (Å²) in [6.07, 6.45) is 10.7. The molecular weight excluding hydrogens is 480 g/mol. The second-order valence-electron chi connectivity index (χ2n) is 10.2. The monoisotopic (exact) mass is 502 g/mol. The number of fused-ring (bicyclic) bond motifs is 8. The summed E-state index contributed by atoms with van der Waals surface area (Å²) >= 11 is 0. The number of rotatable bonds is 2. The summed E-state index contributed by atoms with van der Waals surface area (Å²) < 4.78 is 13.2. The molecule has 0 fully saturated rings. The predicted octanol–water partition coefficient (Wildman–Crippen LogP) is 8.92. The van der Waals surface area contributed by atoms with E-state index in [0.29, 0.717) is 0 Å². The number of furan rings is 2. The molecular formula is C35H22N2O2. The van der Waals surface area contributed by atoms with E-state index in [1.54, 1.807) is 0 Å². The van der Waals surface area contributed by atoms with Crippen LogP contribution >= 0.6 is 0 Å². The number of benzene rings is 5. The fourth-order valence-corrected chi connectivity index (χ4v) is 6.28. The SMILES string of the molecule is C1=CC2NC(c3ccc(-c4c5oc6ccccc6c5cc5c4oc4ccccc45)c4ccccc34)=CN2C=C1. The highest BCUT2D eigenvalue weighted by molar-refractivity contribution is 6.24. The summed E-state index contributed by atoms with van der Waals surface area (Å²) in [5.41, 5.74) is 7.83. The van der Waals surface area contributed by atoms with Gasteiger partial charge in [0.15, 0.2) is 0 Å². The molecule has 0 aliphatic carbocycles. The molecule has 2 aliphatic heterocycles. The third-order valence-corrected chi connectivity index (χ3v) is 8.06. The van der Waals surface area contributed by atoms with Crippen molar-refractivity contribution in [3.05, 3.63) is 127 Å². The molecule has 4 nitrogen and oxygen atoms in total. The van der Waals surface area contributed by atoms with Crippen molar-refractivity contribution in [1.82, 2.24) is 10.2 Å². The minimum absolute atomic E-state index is 0.142. The van der Waals surface area contributed by atoms with E-state index in [1.807, 2.05) is 24.3 Å². The molecule has 0 saturated heterocycles. The Bertz CT molecular complexity index is 2140. The maximum absolute atomic E-state index is 6.58. The lowest BCUT2D eigenvalue weighted by atomic mass is 9.91. The quantitative estimate of drug-likeness (QED) is 0.256. The number of hydrogen-bond acceptors (Lipinski definition) is 4. The lowest BCUT2D eigenvalue weighted by Gasteiger charge is -2.21. The zero-order valence-electron chi connectivity index (χ0n) is 20.9. The molecule has 0 bridgehead atoms. The minimum atomic E-state index is 0.142. The number of allylic oxidation sites excluding steroid dienone is 2. The molecule has 0 amide bonds. The molecule has 2 aromatic heterocycles. The normalized spacial score (nSPS) is 16.6. The van der Waals surface area contributed by atoms with Gasteiger partial charge in [-0.05, 0) is 46.7 Å². The molecule has 1 atom stereocenters. The van der Waals surface area contributed by atoms with E-state index >= 15 is 0 Å². The van der Waals surface area contributed by atoms with Crippen molar-refractivity contribution in [2.45, 2.75) is 6.17 Å². The van der Waals surface area contributed by atoms with Crippen LogP contribution in [0.4, 0.5) is 0 Å². The Morgan fingerprint density at radius 3 is 1.85 bits per heavy atom. The zero-order chi connectivity index (χ0) is 25.5. The van der Waals surface area contributed by atoms with Crippen LogP contribution in [-0.2, 0) is 0 Å². The average molecular weight is 503 g/mol. The van der Waals surface area contributed by atoms with Gasteiger partial charge in [-0.3, -0.25) is 0 Å². The van der Waals surface area contributed by atoms with Gasteiger partial charge in [0.05, 0.1) is 11.3 Å². The minimum Gasteiger partial charge on any atom is -0.455 e. The molecule has 0 radical (unpaired) electrons. The molecule has 184 valence electrons. The molecule has 9 rings (SSSR count). The van der Waals surface area contributed by atoms with Crippen LogP contribution in [0.1, 0.15) is 5.56 Å². The maximum Gasteiger partial charge on any atom is 0.147 e. The van der Waals surface area contributed by atoms with Crippen molar-refractivity contribution in [2.75, 3.05) is 0 Å². The Kier molecular flexibility index (Phi) is 4.08. The molecule has 1 unspecified atom stereocenters. The van der Waals surface area contributed by atoms with Gasteiger partial charge in [0.1, 0.15) is 28.5 Å². The molecule has 0 spiro atoms. The molecule has 4 heteroatoms.